The van der Waals surface area contributed by atoms with Gasteiger partial charge in [-0.15, -0.1) is 11.3 Å². The number of para-hydroxylation sites is 2. The summed E-state index contributed by atoms with van der Waals surface area (Å²) in [5, 5.41) is 3.17. The van der Waals surface area contributed by atoms with Crippen LogP contribution in [0.2, 0.25) is 0 Å². The summed E-state index contributed by atoms with van der Waals surface area (Å²) < 4.78 is 8.10. The molecule has 0 N–H and O–H groups in total. The third-order valence-corrected chi connectivity index (χ3v) is 5.36. The first-order chi connectivity index (χ1) is 11.2. The molecule has 6 heteroatoms. The van der Waals surface area contributed by atoms with E-state index in [2.05, 4.69) is 45.1 Å². The van der Waals surface area contributed by atoms with E-state index < -0.39 is 0 Å². The van der Waals surface area contributed by atoms with Gasteiger partial charge in [0.1, 0.15) is 16.9 Å². The molecule has 0 saturated carbocycles. The summed E-state index contributed by atoms with van der Waals surface area (Å²) in [6, 6.07) is 8.28. The fourth-order valence-electron chi connectivity index (χ4n) is 3.05. The fourth-order valence-corrected chi connectivity index (χ4v) is 3.89. The van der Waals surface area contributed by atoms with Gasteiger partial charge in [-0.1, -0.05) is 12.1 Å². The number of rotatable bonds is 3. The molecule has 1 aromatic carbocycles. The Morgan fingerprint density at radius 1 is 1.30 bits per heavy atom. The molecule has 3 heterocycles. The van der Waals surface area contributed by atoms with E-state index in [0.29, 0.717) is 0 Å². The Bertz CT molecular complexity index is 825. The van der Waals surface area contributed by atoms with Crippen LogP contribution in [0.5, 0.6) is 0 Å². The highest BCUT2D eigenvalue weighted by molar-refractivity contribution is 7.09. The molecule has 0 bridgehead atoms. The number of morpholine rings is 1. The molecule has 0 amide bonds. The lowest BCUT2D eigenvalue weighted by molar-refractivity contribution is -0.0339. The first kappa shape index (κ1) is 14.8. The molecule has 2 aromatic heterocycles. The third kappa shape index (κ3) is 2.89. The summed E-state index contributed by atoms with van der Waals surface area (Å²) in [6.45, 7) is 5.42. The van der Waals surface area contributed by atoms with Crippen LogP contribution in [-0.4, -0.2) is 39.1 Å². The molecule has 3 aromatic rings. The van der Waals surface area contributed by atoms with Crippen LogP contribution in [0.25, 0.3) is 11.0 Å². The summed E-state index contributed by atoms with van der Waals surface area (Å²) >= 11 is 1.69. The van der Waals surface area contributed by atoms with Gasteiger partial charge >= 0.3 is 0 Å². The Morgan fingerprint density at radius 2 is 2.17 bits per heavy atom. The first-order valence-corrected chi connectivity index (χ1v) is 8.75. The standard InChI is InChI=1S/C17H20N4OS/c1-12-11-23-17(18-12)15-9-21(7-8-22-15)10-16-19-13-5-3-4-6-14(13)20(16)2/h3-6,11,15H,7-10H2,1-2H3/t15-/m1/s1. The number of benzene rings is 1. The second-order valence-corrected chi connectivity index (χ2v) is 6.89. The van der Waals surface area contributed by atoms with Crippen LogP contribution in [0.15, 0.2) is 29.6 Å². The van der Waals surface area contributed by atoms with Crippen molar-refractivity contribution in [3.8, 4) is 0 Å². The number of aryl methyl sites for hydroxylation is 2. The third-order valence-electron chi connectivity index (χ3n) is 4.31. The van der Waals surface area contributed by atoms with E-state index in [1.54, 1.807) is 11.3 Å². The van der Waals surface area contributed by atoms with Crippen molar-refractivity contribution in [3.63, 3.8) is 0 Å². The smallest absolute Gasteiger partial charge is 0.123 e. The minimum absolute atomic E-state index is 0.0807. The maximum Gasteiger partial charge on any atom is 0.123 e. The van der Waals surface area contributed by atoms with E-state index in [4.69, 9.17) is 9.72 Å². The van der Waals surface area contributed by atoms with Crippen molar-refractivity contribution in [1.82, 2.24) is 19.4 Å². The molecule has 1 saturated heterocycles. The molecule has 1 fully saturated rings. The largest absolute Gasteiger partial charge is 0.368 e. The van der Waals surface area contributed by atoms with E-state index in [-0.39, 0.29) is 6.10 Å². The second kappa shape index (κ2) is 6.03. The monoisotopic (exact) mass is 328 g/mol. The highest BCUT2D eigenvalue weighted by Crippen LogP contribution is 2.26. The molecule has 1 atom stereocenters. The van der Waals surface area contributed by atoms with E-state index >= 15 is 0 Å². The number of hydrogen-bond donors (Lipinski definition) is 0. The predicted molar refractivity (Wildman–Crippen MR) is 91.5 cm³/mol. The molecule has 0 unspecified atom stereocenters. The zero-order valence-corrected chi connectivity index (χ0v) is 14.2. The quantitative estimate of drug-likeness (QED) is 0.741. The van der Waals surface area contributed by atoms with Gasteiger partial charge in [0.25, 0.3) is 0 Å². The number of aromatic nitrogens is 3. The Hall–Kier alpha value is -1.76. The zero-order chi connectivity index (χ0) is 15.8. The number of imidazole rings is 1. The van der Waals surface area contributed by atoms with Gasteiger partial charge in [-0.2, -0.15) is 0 Å². The van der Waals surface area contributed by atoms with E-state index in [0.717, 1.165) is 48.3 Å². The van der Waals surface area contributed by atoms with Gasteiger partial charge in [0, 0.05) is 31.2 Å². The fraction of sp³-hybridized carbons (Fsp3) is 0.412. The molecule has 23 heavy (non-hydrogen) atoms. The van der Waals surface area contributed by atoms with E-state index in [1.807, 2.05) is 13.0 Å². The van der Waals surface area contributed by atoms with Gasteiger partial charge in [-0.25, -0.2) is 9.97 Å². The van der Waals surface area contributed by atoms with Gasteiger partial charge < -0.3 is 9.30 Å². The van der Waals surface area contributed by atoms with Crippen molar-refractivity contribution in [3.05, 3.63) is 46.2 Å². The summed E-state index contributed by atoms with van der Waals surface area (Å²) in [5.74, 6) is 1.10. The molecule has 0 radical (unpaired) electrons. The van der Waals surface area contributed by atoms with Crippen molar-refractivity contribution in [2.45, 2.75) is 19.6 Å². The minimum Gasteiger partial charge on any atom is -0.368 e. The Morgan fingerprint density at radius 3 is 2.96 bits per heavy atom. The number of hydrogen-bond acceptors (Lipinski definition) is 5. The molecular formula is C17H20N4OS. The lowest BCUT2D eigenvalue weighted by atomic mass is 10.2. The number of nitrogens with zero attached hydrogens (tertiary/aromatic N) is 4. The normalized spacial score (nSPS) is 19.5. The second-order valence-electron chi connectivity index (χ2n) is 6.00. The van der Waals surface area contributed by atoms with Crippen LogP contribution in [0, 0.1) is 6.92 Å². The maximum absolute atomic E-state index is 5.91. The average Bonchev–Trinajstić information content (AvgIpc) is 3.13. The molecule has 5 nitrogen and oxygen atoms in total. The molecule has 4 rings (SSSR count). The van der Waals surface area contributed by atoms with Gasteiger partial charge in [-0.3, -0.25) is 4.90 Å². The highest BCUT2D eigenvalue weighted by Gasteiger charge is 2.25. The predicted octanol–water partition coefficient (Wildman–Crippen LogP) is 2.91. The highest BCUT2D eigenvalue weighted by atomic mass is 32.1. The van der Waals surface area contributed by atoms with Crippen molar-refractivity contribution in [2.24, 2.45) is 7.05 Å². The molecule has 0 aliphatic carbocycles. The summed E-state index contributed by atoms with van der Waals surface area (Å²) in [6.07, 6.45) is 0.0807. The topological polar surface area (TPSA) is 43.2 Å². The zero-order valence-electron chi connectivity index (χ0n) is 13.4. The summed E-state index contributed by atoms with van der Waals surface area (Å²) in [5.41, 5.74) is 3.31. The van der Waals surface area contributed by atoms with E-state index in [1.165, 1.54) is 5.52 Å². The van der Waals surface area contributed by atoms with Crippen molar-refractivity contribution < 1.29 is 4.74 Å². The van der Waals surface area contributed by atoms with Crippen LogP contribution in [0.4, 0.5) is 0 Å². The Kier molecular flexibility index (Phi) is 3.88. The van der Waals surface area contributed by atoms with Crippen LogP contribution in [-0.2, 0) is 18.3 Å². The lowest BCUT2D eigenvalue weighted by Crippen LogP contribution is -2.38. The van der Waals surface area contributed by atoms with Crippen LogP contribution in [0.1, 0.15) is 22.6 Å². The van der Waals surface area contributed by atoms with Crippen molar-refractivity contribution in [2.75, 3.05) is 19.7 Å². The van der Waals surface area contributed by atoms with Crippen LogP contribution < -0.4 is 0 Å². The first-order valence-electron chi connectivity index (χ1n) is 7.87. The Labute approximate surface area is 139 Å². The van der Waals surface area contributed by atoms with Crippen LogP contribution in [0.3, 0.4) is 0 Å². The summed E-state index contributed by atoms with van der Waals surface area (Å²) in [7, 11) is 2.09. The number of thiazole rings is 1. The van der Waals surface area contributed by atoms with E-state index in [9.17, 15) is 0 Å². The van der Waals surface area contributed by atoms with Gasteiger partial charge in [-0.05, 0) is 19.1 Å². The molecule has 0 spiro atoms. The Balaban J connectivity index is 1.52. The lowest BCUT2D eigenvalue weighted by Gasteiger charge is -2.31. The van der Waals surface area contributed by atoms with Gasteiger partial charge in [0.15, 0.2) is 0 Å². The van der Waals surface area contributed by atoms with Gasteiger partial charge in [0.05, 0.1) is 24.2 Å². The van der Waals surface area contributed by atoms with Crippen LogP contribution >= 0.6 is 11.3 Å². The molecule has 120 valence electrons. The maximum atomic E-state index is 5.91. The van der Waals surface area contributed by atoms with Gasteiger partial charge in [0.2, 0.25) is 0 Å². The molecule has 1 aliphatic heterocycles. The number of ether oxygens (including phenoxy) is 1. The molecule has 1 aliphatic rings. The SMILES string of the molecule is Cc1csc([C@H]2CN(Cc3nc4ccccc4n3C)CCO2)n1. The molecular weight excluding hydrogens is 308 g/mol. The minimum atomic E-state index is 0.0807. The van der Waals surface area contributed by atoms with Crippen molar-refractivity contribution >= 4 is 22.4 Å². The number of fused-ring (bicyclic) bond motifs is 1. The average molecular weight is 328 g/mol. The summed E-state index contributed by atoms with van der Waals surface area (Å²) in [4.78, 5) is 11.8. The van der Waals surface area contributed by atoms with Crippen molar-refractivity contribution in [1.29, 1.82) is 0 Å².